The largest absolute Gasteiger partial charge is 0.331 e. The third-order valence-electron chi connectivity index (χ3n) is 5.20. The fourth-order valence-electron chi connectivity index (χ4n) is 3.77. The minimum Gasteiger partial charge on any atom is -0.331 e. The molecule has 0 unspecified atom stereocenters. The monoisotopic (exact) mass is 344 g/mol. The Morgan fingerprint density at radius 3 is 2.35 bits per heavy atom. The average Bonchev–Trinajstić information content (AvgIpc) is 2.73. The number of rotatable bonds is 4. The molecule has 3 nitrogen and oxygen atoms in total. The summed E-state index contributed by atoms with van der Waals surface area (Å²) >= 11 is 0. The van der Waals surface area contributed by atoms with E-state index in [1.165, 1.54) is 16.3 Å². The van der Waals surface area contributed by atoms with Crippen LogP contribution < -0.4 is 5.32 Å². The highest BCUT2D eigenvalue weighted by Gasteiger charge is 2.26. The Labute approximate surface area is 154 Å². The van der Waals surface area contributed by atoms with E-state index in [9.17, 15) is 4.79 Å². The normalized spacial score (nSPS) is 15.1. The van der Waals surface area contributed by atoms with Crippen molar-refractivity contribution in [3.8, 4) is 0 Å². The first-order valence-corrected chi connectivity index (χ1v) is 9.36. The van der Waals surface area contributed by atoms with Crippen LogP contribution in [-0.4, -0.2) is 29.9 Å². The summed E-state index contributed by atoms with van der Waals surface area (Å²) in [6.07, 6.45) is 2.01. The van der Waals surface area contributed by atoms with E-state index in [0.29, 0.717) is 6.54 Å². The molecular formula is C23H24N2O. The number of hydrogen-bond donors (Lipinski definition) is 1. The van der Waals surface area contributed by atoms with Crippen LogP contribution >= 0.6 is 0 Å². The van der Waals surface area contributed by atoms with Crippen LogP contribution in [0.25, 0.3) is 10.8 Å². The van der Waals surface area contributed by atoms with E-state index < -0.39 is 0 Å². The Balaban J connectivity index is 1.64. The molecule has 0 radical (unpaired) electrons. The smallest absolute Gasteiger partial charge is 0.254 e. The van der Waals surface area contributed by atoms with Crippen molar-refractivity contribution in [3.05, 3.63) is 83.9 Å². The first kappa shape index (κ1) is 16.8. The van der Waals surface area contributed by atoms with Gasteiger partial charge in [-0.1, -0.05) is 54.6 Å². The third kappa shape index (κ3) is 3.63. The molecule has 0 aliphatic carbocycles. The number of nitrogens with one attached hydrogen (secondary N) is 1. The summed E-state index contributed by atoms with van der Waals surface area (Å²) in [6, 6.07) is 24.8. The van der Waals surface area contributed by atoms with Gasteiger partial charge in [0, 0.05) is 18.2 Å². The van der Waals surface area contributed by atoms with Gasteiger partial charge in [-0.25, -0.2) is 0 Å². The molecular weight excluding hydrogens is 320 g/mol. The van der Waals surface area contributed by atoms with E-state index in [0.717, 1.165) is 31.5 Å². The van der Waals surface area contributed by atoms with Gasteiger partial charge >= 0.3 is 0 Å². The molecule has 1 aliphatic rings. The predicted molar refractivity (Wildman–Crippen MR) is 106 cm³/mol. The van der Waals surface area contributed by atoms with Crippen molar-refractivity contribution in [2.75, 3.05) is 13.1 Å². The number of carbonyl (C=O) groups excluding carboxylic acids is 1. The number of carbonyl (C=O) groups is 1. The lowest BCUT2D eigenvalue weighted by Crippen LogP contribution is -2.45. The van der Waals surface area contributed by atoms with Gasteiger partial charge in [0.2, 0.25) is 0 Å². The molecule has 1 fully saturated rings. The van der Waals surface area contributed by atoms with Crippen LogP contribution in [0.5, 0.6) is 0 Å². The van der Waals surface area contributed by atoms with E-state index in [-0.39, 0.29) is 11.9 Å². The second-order valence-corrected chi connectivity index (χ2v) is 6.96. The Morgan fingerprint density at radius 1 is 0.885 bits per heavy atom. The van der Waals surface area contributed by atoms with Gasteiger partial charge in [-0.05, 0) is 60.5 Å². The quantitative estimate of drug-likeness (QED) is 0.768. The number of fused-ring (bicyclic) bond motifs is 1. The second-order valence-electron chi connectivity index (χ2n) is 6.96. The van der Waals surface area contributed by atoms with Crippen LogP contribution in [0.15, 0.2) is 72.8 Å². The molecule has 1 aliphatic heterocycles. The zero-order chi connectivity index (χ0) is 17.8. The molecule has 132 valence electrons. The summed E-state index contributed by atoms with van der Waals surface area (Å²) in [5.41, 5.74) is 1.96. The molecule has 3 heteroatoms. The number of piperidine rings is 1. The maximum atomic E-state index is 13.2. The van der Waals surface area contributed by atoms with Gasteiger partial charge < -0.3 is 10.2 Å². The standard InChI is InChI=1S/C23H24N2O/c26-23(20-7-2-1-3-8-20)25(22-12-14-24-15-13-22)17-18-10-11-19-6-4-5-9-21(19)16-18/h1-11,16,22,24H,12-15,17H2. The number of amides is 1. The highest BCUT2D eigenvalue weighted by atomic mass is 16.2. The lowest BCUT2D eigenvalue weighted by atomic mass is 10.0. The average molecular weight is 344 g/mol. The minimum absolute atomic E-state index is 0.130. The fourth-order valence-corrected chi connectivity index (χ4v) is 3.77. The third-order valence-corrected chi connectivity index (χ3v) is 5.20. The van der Waals surface area contributed by atoms with Crippen molar-refractivity contribution in [1.29, 1.82) is 0 Å². The second kappa shape index (κ2) is 7.71. The molecule has 1 saturated heterocycles. The Bertz CT molecular complexity index is 885. The fraction of sp³-hybridized carbons (Fsp3) is 0.261. The highest BCUT2D eigenvalue weighted by Crippen LogP contribution is 2.22. The molecule has 3 aromatic carbocycles. The van der Waals surface area contributed by atoms with Gasteiger partial charge in [0.25, 0.3) is 5.91 Å². The van der Waals surface area contributed by atoms with Crippen LogP contribution in [0.2, 0.25) is 0 Å². The van der Waals surface area contributed by atoms with Crippen LogP contribution in [0, 0.1) is 0 Å². The van der Waals surface area contributed by atoms with Crippen molar-refractivity contribution in [1.82, 2.24) is 10.2 Å². The number of nitrogens with zero attached hydrogens (tertiary/aromatic N) is 1. The summed E-state index contributed by atoms with van der Waals surface area (Å²) in [5, 5.41) is 5.86. The SMILES string of the molecule is O=C(c1ccccc1)N(Cc1ccc2ccccc2c1)C1CCNCC1. The van der Waals surface area contributed by atoms with Crippen molar-refractivity contribution >= 4 is 16.7 Å². The van der Waals surface area contributed by atoms with Gasteiger partial charge in [-0.2, -0.15) is 0 Å². The summed E-state index contributed by atoms with van der Waals surface area (Å²) < 4.78 is 0. The Kier molecular flexibility index (Phi) is 4.98. The van der Waals surface area contributed by atoms with Gasteiger partial charge in [0.15, 0.2) is 0 Å². The first-order chi connectivity index (χ1) is 12.8. The van der Waals surface area contributed by atoms with Gasteiger partial charge in [-0.3, -0.25) is 4.79 Å². The van der Waals surface area contributed by atoms with Crippen LogP contribution in [0.4, 0.5) is 0 Å². The van der Waals surface area contributed by atoms with Gasteiger partial charge in [0.05, 0.1) is 0 Å². The maximum Gasteiger partial charge on any atom is 0.254 e. The van der Waals surface area contributed by atoms with Crippen LogP contribution in [0.3, 0.4) is 0 Å². The predicted octanol–water partition coefficient (Wildman–Crippen LogP) is 4.23. The molecule has 26 heavy (non-hydrogen) atoms. The van der Waals surface area contributed by atoms with E-state index in [1.807, 2.05) is 30.3 Å². The van der Waals surface area contributed by atoms with E-state index in [4.69, 9.17) is 0 Å². The molecule has 1 N–H and O–H groups in total. The number of benzene rings is 3. The molecule has 0 bridgehead atoms. The maximum absolute atomic E-state index is 13.2. The summed E-state index contributed by atoms with van der Waals surface area (Å²) in [6.45, 7) is 2.60. The van der Waals surface area contributed by atoms with Gasteiger partial charge in [-0.15, -0.1) is 0 Å². The first-order valence-electron chi connectivity index (χ1n) is 9.36. The summed E-state index contributed by atoms with van der Waals surface area (Å²) in [4.78, 5) is 15.3. The molecule has 1 heterocycles. The summed E-state index contributed by atoms with van der Waals surface area (Å²) in [7, 11) is 0. The molecule has 0 aromatic heterocycles. The van der Waals surface area contributed by atoms with Crippen LogP contribution in [0.1, 0.15) is 28.8 Å². The van der Waals surface area contributed by atoms with Crippen molar-refractivity contribution in [2.45, 2.75) is 25.4 Å². The molecule has 3 aromatic rings. The molecule has 4 rings (SSSR count). The van der Waals surface area contributed by atoms with Gasteiger partial charge in [0.1, 0.15) is 0 Å². The lowest BCUT2D eigenvalue weighted by molar-refractivity contribution is 0.0623. The molecule has 0 saturated carbocycles. The van der Waals surface area contributed by atoms with Crippen LogP contribution in [-0.2, 0) is 6.54 Å². The zero-order valence-electron chi connectivity index (χ0n) is 14.9. The summed E-state index contributed by atoms with van der Waals surface area (Å²) in [5.74, 6) is 0.130. The molecule has 0 spiro atoms. The zero-order valence-corrected chi connectivity index (χ0v) is 14.9. The van der Waals surface area contributed by atoms with E-state index in [2.05, 4.69) is 52.7 Å². The molecule has 1 amide bonds. The number of hydrogen-bond acceptors (Lipinski definition) is 2. The topological polar surface area (TPSA) is 32.3 Å². The van der Waals surface area contributed by atoms with E-state index in [1.54, 1.807) is 0 Å². The van der Waals surface area contributed by atoms with E-state index >= 15 is 0 Å². The van der Waals surface area contributed by atoms with Crippen molar-refractivity contribution in [2.24, 2.45) is 0 Å². The van der Waals surface area contributed by atoms with Crippen molar-refractivity contribution < 1.29 is 4.79 Å². The lowest BCUT2D eigenvalue weighted by Gasteiger charge is -2.35. The highest BCUT2D eigenvalue weighted by molar-refractivity contribution is 5.94. The minimum atomic E-state index is 0.130. The van der Waals surface area contributed by atoms with Crippen molar-refractivity contribution in [3.63, 3.8) is 0 Å². The Morgan fingerprint density at radius 2 is 1.58 bits per heavy atom. The Hall–Kier alpha value is -2.65. The molecule has 0 atom stereocenters.